The van der Waals surface area contributed by atoms with E-state index in [4.69, 9.17) is 0 Å². The van der Waals surface area contributed by atoms with Gasteiger partial charge in [-0.15, -0.1) is 0 Å². The van der Waals surface area contributed by atoms with E-state index >= 15 is 0 Å². The molecule has 0 bridgehead atoms. The van der Waals surface area contributed by atoms with Crippen LogP contribution < -0.4 is 5.32 Å². The maximum atomic E-state index is 12.1. The van der Waals surface area contributed by atoms with Crippen molar-refractivity contribution < 1.29 is 14.2 Å². The smallest absolute Gasteiger partial charge is 0.276 e. The highest BCUT2D eigenvalue weighted by atomic mass is 16.6. The third-order valence-electron chi connectivity index (χ3n) is 4.06. The number of rotatable bonds is 6. The lowest BCUT2D eigenvalue weighted by molar-refractivity contribution is -0.110. The Morgan fingerprint density at radius 2 is 1.95 bits per heavy atom. The molecule has 0 aliphatic heterocycles. The topological polar surface area (TPSA) is 85.1 Å². The van der Waals surface area contributed by atoms with Gasteiger partial charge in [-0.25, -0.2) is 4.63 Å². The summed E-state index contributed by atoms with van der Waals surface area (Å²) in [5.41, 5.74) is 0.605. The predicted molar refractivity (Wildman–Crippen MR) is 65.3 cm³/mol. The Hall–Kier alpha value is -1.72. The second-order valence-electron chi connectivity index (χ2n) is 5.59. The second-order valence-corrected chi connectivity index (χ2v) is 5.59. The van der Waals surface area contributed by atoms with Gasteiger partial charge in [-0.2, -0.15) is 0 Å². The number of nitrogens with zero attached hydrogens (tertiary/aromatic N) is 2. The van der Waals surface area contributed by atoms with Crippen molar-refractivity contribution >= 4 is 12.2 Å². The number of aldehydes is 1. The molecule has 3 rings (SSSR count). The third-order valence-corrected chi connectivity index (χ3v) is 4.06. The quantitative estimate of drug-likeness (QED) is 0.777. The van der Waals surface area contributed by atoms with E-state index in [1.54, 1.807) is 6.92 Å². The molecule has 1 aromatic heterocycles. The maximum Gasteiger partial charge on any atom is 0.276 e. The Balaban J connectivity index is 1.70. The first-order valence-corrected chi connectivity index (χ1v) is 6.76. The fourth-order valence-electron chi connectivity index (χ4n) is 2.81. The van der Waals surface area contributed by atoms with Crippen LogP contribution in [0.3, 0.4) is 0 Å². The van der Waals surface area contributed by atoms with Crippen LogP contribution >= 0.6 is 0 Å². The molecular formula is C13H17N3O3. The molecule has 1 atom stereocenters. The number of carbonyl (C=O) groups excluding carboxylic acids is 2. The molecule has 19 heavy (non-hydrogen) atoms. The lowest BCUT2D eigenvalue weighted by atomic mass is 9.90. The molecule has 0 aromatic carbocycles. The summed E-state index contributed by atoms with van der Waals surface area (Å²) in [7, 11) is 0. The van der Waals surface area contributed by atoms with Crippen LogP contribution in [-0.4, -0.2) is 28.5 Å². The molecule has 2 aliphatic carbocycles. The van der Waals surface area contributed by atoms with Gasteiger partial charge in [0.05, 0.1) is 6.04 Å². The summed E-state index contributed by atoms with van der Waals surface area (Å²) in [5.74, 6) is 1.11. The molecule has 102 valence electrons. The third kappa shape index (κ3) is 2.52. The van der Waals surface area contributed by atoms with Crippen LogP contribution in [0.5, 0.6) is 0 Å². The zero-order valence-corrected chi connectivity index (χ0v) is 10.8. The molecular weight excluding hydrogens is 246 g/mol. The summed E-state index contributed by atoms with van der Waals surface area (Å²) in [6.45, 7) is 1.65. The van der Waals surface area contributed by atoms with Crippen molar-refractivity contribution in [2.75, 3.05) is 0 Å². The Morgan fingerprint density at radius 3 is 2.37 bits per heavy atom. The number of aryl methyl sites for hydroxylation is 1. The summed E-state index contributed by atoms with van der Waals surface area (Å²) in [4.78, 5) is 23.4. The fourth-order valence-corrected chi connectivity index (χ4v) is 2.81. The van der Waals surface area contributed by atoms with E-state index < -0.39 is 6.04 Å². The SMILES string of the molecule is Cc1nonc1C(=O)NC(C=O)C(C1CC1)C1CC1. The molecule has 0 spiro atoms. The van der Waals surface area contributed by atoms with E-state index in [9.17, 15) is 9.59 Å². The van der Waals surface area contributed by atoms with Crippen molar-refractivity contribution in [3.8, 4) is 0 Å². The van der Waals surface area contributed by atoms with Gasteiger partial charge in [-0.1, -0.05) is 5.16 Å². The highest BCUT2D eigenvalue weighted by Gasteiger charge is 2.46. The van der Waals surface area contributed by atoms with Crippen LogP contribution in [0.15, 0.2) is 4.63 Å². The molecule has 6 heteroatoms. The molecule has 0 saturated heterocycles. The van der Waals surface area contributed by atoms with Crippen LogP contribution in [-0.2, 0) is 4.79 Å². The Bertz CT molecular complexity index is 479. The summed E-state index contributed by atoms with van der Waals surface area (Å²) in [6, 6.07) is -0.413. The van der Waals surface area contributed by atoms with Crippen molar-refractivity contribution in [1.29, 1.82) is 0 Å². The molecule has 2 fully saturated rings. The van der Waals surface area contributed by atoms with Gasteiger partial charge in [-0.3, -0.25) is 4.79 Å². The first-order chi connectivity index (χ1) is 9.20. The van der Waals surface area contributed by atoms with Crippen molar-refractivity contribution in [2.24, 2.45) is 17.8 Å². The van der Waals surface area contributed by atoms with Crippen molar-refractivity contribution in [3.05, 3.63) is 11.4 Å². The van der Waals surface area contributed by atoms with Gasteiger partial charge in [0, 0.05) is 0 Å². The standard InChI is InChI=1S/C13H17N3O3/c1-7-12(16-19-15-7)13(18)14-10(6-17)11(8-2-3-8)9-4-5-9/h6,8-11H,2-5H2,1H3,(H,14,18). The van der Waals surface area contributed by atoms with Gasteiger partial charge in [0.25, 0.3) is 5.91 Å². The van der Waals surface area contributed by atoms with E-state index in [1.165, 1.54) is 25.7 Å². The van der Waals surface area contributed by atoms with Crippen molar-refractivity contribution in [2.45, 2.75) is 38.6 Å². The highest BCUT2D eigenvalue weighted by Crippen LogP contribution is 2.50. The fraction of sp³-hybridized carbons (Fsp3) is 0.692. The summed E-state index contributed by atoms with van der Waals surface area (Å²) in [6.07, 6.45) is 5.55. The van der Waals surface area contributed by atoms with E-state index in [1.807, 2.05) is 0 Å². The molecule has 0 radical (unpaired) electrons. The Morgan fingerprint density at radius 1 is 1.32 bits per heavy atom. The van der Waals surface area contributed by atoms with Gasteiger partial charge < -0.3 is 10.1 Å². The Kier molecular flexibility index (Phi) is 3.08. The first kappa shape index (κ1) is 12.3. The predicted octanol–water partition coefficient (Wildman–Crippen LogP) is 1.11. The van der Waals surface area contributed by atoms with Crippen LogP contribution in [0, 0.1) is 24.7 Å². The maximum absolute atomic E-state index is 12.1. The van der Waals surface area contributed by atoms with Gasteiger partial charge in [0.15, 0.2) is 5.69 Å². The molecule has 2 aliphatic rings. The normalized spacial score (nSPS) is 20.3. The average molecular weight is 263 g/mol. The minimum Gasteiger partial charge on any atom is -0.341 e. The summed E-state index contributed by atoms with van der Waals surface area (Å²) >= 11 is 0. The Labute approximate surface area is 110 Å². The van der Waals surface area contributed by atoms with Crippen molar-refractivity contribution in [1.82, 2.24) is 15.6 Å². The van der Waals surface area contributed by atoms with Gasteiger partial charge in [0.1, 0.15) is 12.0 Å². The number of aromatic nitrogens is 2. The van der Waals surface area contributed by atoms with E-state index in [0.29, 0.717) is 23.4 Å². The molecule has 1 N–H and O–H groups in total. The van der Waals surface area contributed by atoms with E-state index in [0.717, 1.165) is 6.29 Å². The summed E-state index contributed by atoms with van der Waals surface area (Å²) in [5, 5.41) is 9.93. The minimum atomic E-state index is -0.413. The molecule has 1 aromatic rings. The minimum absolute atomic E-state index is 0.164. The molecule has 1 unspecified atom stereocenters. The largest absolute Gasteiger partial charge is 0.341 e. The van der Waals surface area contributed by atoms with Crippen LogP contribution in [0.1, 0.15) is 41.9 Å². The van der Waals surface area contributed by atoms with Gasteiger partial charge in [0.2, 0.25) is 0 Å². The molecule has 1 heterocycles. The number of carbonyl (C=O) groups is 2. The summed E-state index contributed by atoms with van der Waals surface area (Å²) < 4.78 is 4.51. The average Bonchev–Trinajstić information content (AvgIpc) is 3.30. The number of amides is 1. The van der Waals surface area contributed by atoms with E-state index in [2.05, 4.69) is 20.3 Å². The van der Waals surface area contributed by atoms with Gasteiger partial charge in [-0.05, 0) is 55.5 Å². The monoisotopic (exact) mass is 263 g/mol. The molecule has 2 saturated carbocycles. The highest BCUT2D eigenvalue weighted by molar-refractivity contribution is 5.94. The number of hydrogen-bond acceptors (Lipinski definition) is 5. The lowest BCUT2D eigenvalue weighted by Crippen LogP contribution is -2.43. The zero-order chi connectivity index (χ0) is 13.4. The van der Waals surface area contributed by atoms with Crippen LogP contribution in [0.4, 0.5) is 0 Å². The van der Waals surface area contributed by atoms with Crippen LogP contribution in [0.25, 0.3) is 0 Å². The van der Waals surface area contributed by atoms with Crippen molar-refractivity contribution in [3.63, 3.8) is 0 Å². The second kappa shape index (κ2) is 4.75. The number of hydrogen-bond donors (Lipinski definition) is 1. The first-order valence-electron chi connectivity index (χ1n) is 6.76. The molecule has 6 nitrogen and oxygen atoms in total. The van der Waals surface area contributed by atoms with E-state index in [-0.39, 0.29) is 11.6 Å². The van der Waals surface area contributed by atoms with Crippen LogP contribution in [0.2, 0.25) is 0 Å². The lowest BCUT2D eigenvalue weighted by Gasteiger charge is -2.23. The zero-order valence-electron chi connectivity index (χ0n) is 10.8. The molecule has 1 amide bonds. The number of nitrogens with one attached hydrogen (secondary N) is 1. The van der Waals surface area contributed by atoms with Gasteiger partial charge >= 0.3 is 0 Å².